The Hall–Kier alpha value is -6.41. The second-order valence-electron chi connectivity index (χ2n) is 12.5. The normalized spacial score (nSPS) is 20.8. The topological polar surface area (TPSA) is 343 Å². The summed E-state index contributed by atoms with van der Waals surface area (Å²) < 4.78 is 0. The summed E-state index contributed by atoms with van der Waals surface area (Å²) in [6, 6.07) is -0.534. The molecule has 1 aromatic carbocycles. The Balaban J connectivity index is 1.13. The van der Waals surface area contributed by atoms with Gasteiger partial charge in [-0.3, -0.25) is 19.3 Å². The Morgan fingerprint density at radius 2 is 1.84 bits per heavy atom. The number of carbonyl (C=O) groups is 7. The SMILES string of the molecule is CC(C)(O/N=C(\C(=O)N[C@@H]1C(=O)N2C[C@@](C(=O)O)(N3CCN(N=C/C=N/NC(=O)NCCNC(=O)c4ccc(O)c(O)c4Cl)C3=O)S[C@H]12)c1csc(N)n1)C(=O)O. The second kappa shape index (κ2) is 16.8. The molecule has 0 spiro atoms. The predicted octanol–water partition coefficient (Wildman–Crippen LogP) is -1.01. The van der Waals surface area contributed by atoms with Crippen LogP contribution in [0, 0.1) is 0 Å². The molecule has 0 saturated carbocycles. The van der Waals surface area contributed by atoms with Gasteiger partial charge < -0.3 is 51.8 Å². The quantitative estimate of drug-likeness (QED) is 0.0341. The number of nitrogens with zero attached hydrogens (tertiary/aromatic N) is 7. The highest BCUT2D eigenvalue weighted by Gasteiger charge is 2.66. The number of carbonyl (C=O) groups excluding carboxylic acids is 5. The number of nitrogen functional groups attached to an aromatic ring is 1. The van der Waals surface area contributed by atoms with Crippen molar-refractivity contribution in [3.8, 4) is 11.5 Å². The highest BCUT2D eigenvalue weighted by Crippen LogP contribution is 2.49. The lowest BCUT2D eigenvalue weighted by Crippen LogP contribution is -2.68. The molecule has 7 amide bonds. The number of carboxylic acid groups (broad SMARTS) is 2. The first-order chi connectivity index (χ1) is 26.9. The molecule has 3 aliphatic heterocycles. The van der Waals surface area contributed by atoms with E-state index in [2.05, 4.69) is 41.7 Å². The minimum absolute atomic E-state index is 0.0375. The van der Waals surface area contributed by atoms with E-state index in [-0.39, 0.29) is 47.6 Å². The number of benzene rings is 1. The van der Waals surface area contributed by atoms with E-state index in [1.54, 1.807) is 0 Å². The molecule has 1 aromatic heterocycles. The number of carboxylic acids is 2. The Bertz CT molecular complexity index is 2100. The molecule has 24 nitrogen and oxygen atoms in total. The third-order valence-corrected chi connectivity index (χ3v) is 11.0. The summed E-state index contributed by atoms with van der Waals surface area (Å²) in [5.41, 5.74) is 5.34. The molecule has 27 heteroatoms. The second-order valence-corrected chi connectivity index (χ2v) is 15.1. The molecule has 304 valence electrons. The van der Waals surface area contributed by atoms with Crippen LogP contribution in [-0.4, -0.2) is 155 Å². The summed E-state index contributed by atoms with van der Waals surface area (Å²) in [7, 11) is 0. The number of anilines is 1. The van der Waals surface area contributed by atoms with Crippen molar-refractivity contribution < 1.29 is 58.8 Å². The molecule has 0 bridgehead atoms. The van der Waals surface area contributed by atoms with Gasteiger partial charge in [-0.2, -0.15) is 10.2 Å². The molecule has 3 fully saturated rings. The molecule has 3 saturated heterocycles. The van der Waals surface area contributed by atoms with Gasteiger partial charge in [-0.1, -0.05) is 28.5 Å². The molecule has 0 aliphatic carbocycles. The molecule has 5 rings (SSSR count). The number of oxime groups is 1. The van der Waals surface area contributed by atoms with E-state index in [0.29, 0.717) is 0 Å². The van der Waals surface area contributed by atoms with Gasteiger partial charge in [0.2, 0.25) is 16.4 Å². The van der Waals surface area contributed by atoms with Crippen LogP contribution < -0.4 is 27.1 Å². The van der Waals surface area contributed by atoms with Crippen molar-refractivity contribution in [2.24, 2.45) is 15.4 Å². The average molecular weight is 853 g/mol. The van der Waals surface area contributed by atoms with Gasteiger partial charge in [0.1, 0.15) is 17.1 Å². The van der Waals surface area contributed by atoms with E-state index in [9.17, 15) is 54.0 Å². The zero-order chi connectivity index (χ0) is 41.8. The molecule has 10 N–H and O–H groups in total. The largest absolute Gasteiger partial charge is 0.504 e. The highest BCUT2D eigenvalue weighted by molar-refractivity contribution is 8.02. The lowest BCUT2D eigenvalue weighted by atomic mass is 10.1. The Morgan fingerprint density at radius 3 is 2.51 bits per heavy atom. The number of hydrazone groups is 2. The van der Waals surface area contributed by atoms with Gasteiger partial charge >= 0.3 is 24.0 Å². The third kappa shape index (κ3) is 8.70. The number of amides is 7. The van der Waals surface area contributed by atoms with Crippen LogP contribution in [0.4, 0.5) is 14.7 Å². The fraction of sp³-hybridized carbons (Fsp3) is 0.367. The first-order valence-electron chi connectivity index (χ1n) is 16.3. The Labute approximate surface area is 333 Å². The zero-order valence-corrected chi connectivity index (χ0v) is 31.9. The smallest absolute Gasteiger partial charge is 0.350 e. The molecule has 3 aliphatic rings. The number of nitrogens with two attached hydrogens (primary N) is 1. The van der Waals surface area contributed by atoms with Crippen molar-refractivity contribution in [2.75, 3.05) is 38.5 Å². The van der Waals surface area contributed by atoms with E-state index in [0.717, 1.165) is 51.5 Å². The van der Waals surface area contributed by atoms with Gasteiger partial charge in [-0.25, -0.2) is 34.6 Å². The number of phenols is 2. The summed E-state index contributed by atoms with van der Waals surface area (Å²) in [6.07, 6.45) is 2.10. The van der Waals surface area contributed by atoms with Gasteiger partial charge in [0, 0.05) is 25.0 Å². The lowest BCUT2D eigenvalue weighted by molar-refractivity contribution is -0.161. The van der Waals surface area contributed by atoms with Crippen LogP contribution >= 0.6 is 34.7 Å². The van der Waals surface area contributed by atoms with Gasteiger partial charge in [0.15, 0.2) is 22.3 Å². The Kier molecular flexibility index (Phi) is 12.3. The molecule has 0 radical (unpaired) electrons. The number of rotatable bonds is 15. The van der Waals surface area contributed by atoms with Crippen molar-refractivity contribution in [3.63, 3.8) is 0 Å². The van der Waals surface area contributed by atoms with Crippen molar-refractivity contribution in [1.82, 2.24) is 41.2 Å². The number of hydrogen-bond donors (Lipinski definition) is 9. The molecule has 2 aromatic rings. The average Bonchev–Trinajstić information content (AvgIpc) is 3.86. The van der Waals surface area contributed by atoms with Gasteiger partial charge in [-0.15, -0.1) is 11.3 Å². The van der Waals surface area contributed by atoms with E-state index in [1.807, 2.05) is 0 Å². The number of fused-ring (bicyclic) bond motifs is 1. The third-order valence-electron chi connectivity index (χ3n) is 8.29. The molecule has 4 heterocycles. The van der Waals surface area contributed by atoms with Crippen molar-refractivity contribution >= 4 is 99.7 Å². The molecular formula is C30H33ClN12O12S2. The highest BCUT2D eigenvalue weighted by atomic mass is 35.5. The summed E-state index contributed by atoms with van der Waals surface area (Å²) in [6.45, 7) is 1.75. The first-order valence-corrected chi connectivity index (χ1v) is 18.4. The fourth-order valence-electron chi connectivity index (χ4n) is 5.24. The van der Waals surface area contributed by atoms with E-state index in [4.69, 9.17) is 22.2 Å². The van der Waals surface area contributed by atoms with Crippen LogP contribution in [0.1, 0.15) is 29.9 Å². The van der Waals surface area contributed by atoms with Crippen LogP contribution in [0.2, 0.25) is 5.02 Å². The maximum Gasteiger partial charge on any atom is 0.350 e. The lowest BCUT2D eigenvalue weighted by Gasteiger charge is -2.41. The van der Waals surface area contributed by atoms with Gasteiger partial charge in [0.25, 0.3) is 11.8 Å². The number of aliphatic carboxylic acids is 2. The van der Waals surface area contributed by atoms with Crippen molar-refractivity contribution in [3.05, 3.63) is 33.8 Å². The first kappa shape index (κ1) is 41.7. The number of aromatic hydroxyl groups is 2. The predicted molar refractivity (Wildman–Crippen MR) is 201 cm³/mol. The summed E-state index contributed by atoms with van der Waals surface area (Å²) >= 11 is 7.58. The van der Waals surface area contributed by atoms with Crippen LogP contribution in [0.25, 0.3) is 0 Å². The number of thiazole rings is 1. The van der Waals surface area contributed by atoms with Crippen LogP contribution in [0.15, 0.2) is 32.9 Å². The minimum atomic E-state index is -1.96. The number of urea groups is 2. The molecule has 57 heavy (non-hydrogen) atoms. The number of aromatic nitrogens is 1. The molecular weight excluding hydrogens is 820 g/mol. The van der Waals surface area contributed by atoms with E-state index < -0.39 is 87.4 Å². The van der Waals surface area contributed by atoms with Crippen molar-refractivity contribution in [1.29, 1.82) is 0 Å². The number of β-lactam (4-membered cyclic amide) rings is 1. The molecule has 0 unspecified atom stereocenters. The fourth-order valence-corrected chi connectivity index (χ4v) is 7.67. The number of halogens is 1. The van der Waals surface area contributed by atoms with Crippen LogP contribution in [-0.2, 0) is 24.0 Å². The van der Waals surface area contributed by atoms with Crippen LogP contribution in [0.3, 0.4) is 0 Å². The summed E-state index contributed by atoms with van der Waals surface area (Å²) in [4.78, 5) is 97.7. The maximum atomic E-state index is 13.4. The van der Waals surface area contributed by atoms with Crippen LogP contribution in [0.5, 0.6) is 11.5 Å². The maximum absolute atomic E-state index is 13.4. The number of thioether (sulfide) groups is 1. The Morgan fingerprint density at radius 1 is 1.12 bits per heavy atom. The van der Waals surface area contributed by atoms with Gasteiger partial charge in [0.05, 0.1) is 36.1 Å². The minimum Gasteiger partial charge on any atom is -0.504 e. The number of nitrogens with one attached hydrogen (secondary N) is 4. The summed E-state index contributed by atoms with van der Waals surface area (Å²) in [5, 5.41) is 58.6. The van der Waals surface area contributed by atoms with Gasteiger partial charge in [-0.05, 0) is 26.0 Å². The van der Waals surface area contributed by atoms with Crippen molar-refractivity contribution in [2.45, 2.75) is 35.7 Å². The molecule has 3 atom stereocenters. The standard InChI is InChI=1S/C30H33ClN12O12S2/c1-29(2,24(49)50)55-40-17(14-11-56-26(32)37-14)21(47)38-18-22(48)41-12-30(25(51)52,57-23(18)41)42-9-10-43(28(42)54)36-8-7-35-39-27(53)34-6-5-33-20(46)13-3-4-15(44)19(45)16(13)31/h3-4,7-8,11,18,23,44-45H,5-6,9-10,12H2,1-2H3,(H2,32,37)(H,33,46)(H,38,47)(H,49,50)(H,51,52)(H2,34,39,53)/b35-7+,36-8?,40-17-/t18-,23-,30-/m1/s1. The number of phenolic OH excluding ortho intramolecular Hbond substituents is 2. The monoisotopic (exact) mass is 852 g/mol. The summed E-state index contributed by atoms with van der Waals surface area (Å²) in [5.74, 6) is -6.25. The van der Waals surface area contributed by atoms with E-state index in [1.165, 1.54) is 30.2 Å². The van der Waals surface area contributed by atoms with E-state index >= 15 is 0 Å². The number of hydrogen-bond acceptors (Lipinski definition) is 17. The zero-order valence-electron chi connectivity index (χ0n) is 29.5.